The van der Waals surface area contributed by atoms with Crippen molar-refractivity contribution in [2.24, 2.45) is 0 Å². The van der Waals surface area contributed by atoms with E-state index in [4.69, 9.17) is 0 Å². The highest BCUT2D eigenvalue weighted by Crippen LogP contribution is 2.29. The normalized spacial score (nSPS) is 16.4. The van der Waals surface area contributed by atoms with Crippen LogP contribution in [-0.4, -0.2) is 40.5 Å². The van der Waals surface area contributed by atoms with Gasteiger partial charge in [0.15, 0.2) is 5.13 Å². The summed E-state index contributed by atoms with van der Waals surface area (Å²) >= 11 is 1.43. The lowest BCUT2D eigenvalue weighted by Gasteiger charge is -2.30. The predicted octanol–water partition coefficient (Wildman–Crippen LogP) is 4.47. The zero-order chi connectivity index (χ0) is 19.5. The second-order valence-corrected chi connectivity index (χ2v) is 7.77. The number of aromatic nitrogens is 2. The Labute approximate surface area is 168 Å². The molecular weight excluding hydrogens is 370 g/mol. The number of likely N-dealkylation sites (N-methyl/N-ethyl adjacent to an activating group) is 1. The number of carbonyl (C=O) groups excluding carboxylic acids is 1. The molecular formula is C21H23N5OS. The molecule has 1 N–H and O–H groups in total. The average molecular weight is 394 g/mol. The number of thiazole rings is 1. The fourth-order valence-corrected chi connectivity index (χ4v) is 4.28. The van der Waals surface area contributed by atoms with Gasteiger partial charge in [-0.15, -0.1) is 11.3 Å². The quantitative estimate of drug-likeness (QED) is 0.713. The van der Waals surface area contributed by atoms with E-state index in [9.17, 15) is 4.79 Å². The maximum absolute atomic E-state index is 13.1. The minimum atomic E-state index is -0.107. The summed E-state index contributed by atoms with van der Waals surface area (Å²) in [4.78, 5) is 26.0. The fourth-order valence-electron chi connectivity index (χ4n) is 3.57. The Morgan fingerprint density at radius 2 is 2.14 bits per heavy atom. The van der Waals surface area contributed by atoms with Crippen LogP contribution in [0, 0.1) is 0 Å². The second kappa shape index (κ2) is 7.98. The van der Waals surface area contributed by atoms with Gasteiger partial charge in [0.05, 0.1) is 11.7 Å². The maximum atomic E-state index is 13.1. The van der Waals surface area contributed by atoms with Crippen molar-refractivity contribution >= 4 is 28.2 Å². The van der Waals surface area contributed by atoms with E-state index in [2.05, 4.69) is 46.3 Å². The molecule has 0 saturated carbocycles. The number of benzene rings is 1. The smallest absolute Gasteiger partial charge is 0.324 e. The summed E-state index contributed by atoms with van der Waals surface area (Å²) in [6, 6.07) is 12.1. The third-order valence-corrected chi connectivity index (χ3v) is 5.83. The number of para-hydroxylation sites is 1. The van der Waals surface area contributed by atoms with Crippen LogP contribution in [0.4, 0.5) is 15.6 Å². The number of amides is 2. The number of hydrogen-bond acceptors (Lipinski definition) is 5. The number of urea groups is 1. The van der Waals surface area contributed by atoms with E-state index in [1.807, 2.05) is 34.5 Å². The Morgan fingerprint density at radius 1 is 1.29 bits per heavy atom. The Kier molecular flexibility index (Phi) is 5.25. The molecule has 0 saturated heterocycles. The van der Waals surface area contributed by atoms with Crippen LogP contribution in [-0.2, 0) is 6.54 Å². The maximum Gasteiger partial charge on any atom is 0.324 e. The molecule has 4 rings (SSSR count). The van der Waals surface area contributed by atoms with Gasteiger partial charge < -0.3 is 9.80 Å². The number of nitrogens with zero attached hydrogens (tertiary/aromatic N) is 4. The van der Waals surface area contributed by atoms with E-state index in [0.29, 0.717) is 11.7 Å². The van der Waals surface area contributed by atoms with Gasteiger partial charge in [-0.25, -0.2) is 9.78 Å². The Hall–Kier alpha value is -2.93. The van der Waals surface area contributed by atoms with Crippen molar-refractivity contribution in [3.05, 3.63) is 59.7 Å². The van der Waals surface area contributed by atoms with Gasteiger partial charge in [-0.1, -0.05) is 25.1 Å². The lowest BCUT2D eigenvalue weighted by Crippen LogP contribution is -2.45. The van der Waals surface area contributed by atoms with Gasteiger partial charge in [-0.05, 0) is 30.2 Å². The summed E-state index contributed by atoms with van der Waals surface area (Å²) in [5.74, 6) is 0. The minimum absolute atomic E-state index is 0.107. The van der Waals surface area contributed by atoms with Crippen LogP contribution >= 0.6 is 11.3 Å². The summed E-state index contributed by atoms with van der Waals surface area (Å²) < 4.78 is 0. The van der Waals surface area contributed by atoms with Crippen LogP contribution in [0.3, 0.4) is 0 Å². The monoisotopic (exact) mass is 393 g/mol. The van der Waals surface area contributed by atoms with Crippen molar-refractivity contribution in [2.75, 3.05) is 23.8 Å². The fraction of sp³-hybridized carbons (Fsp3) is 0.286. The third-order valence-electron chi connectivity index (χ3n) is 5.08. The average Bonchev–Trinajstić information content (AvgIpc) is 3.13. The molecule has 0 spiro atoms. The molecule has 7 heteroatoms. The lowest BCUT2D eigenvalue weighted by molar-refractivity contribution is 0.185. The van der Waals surface area contributed by atoms with Crippen LogP contribution in [0.15, 0.2) is 54.2 Å². The van der Waals surface area contributed by atoms with Crippen molar-refractivity contribution in [3.8, 4) is 11.3 Å². The second-order valence-electron chi connectivity index (χ2n) is 6.91. The van der Waals surface area contributed by atoms with Gasteiger partial charge in [-0.3, -0.25) is 10.3 Å². The van der Waals surface area contributed by atoms with E-state index < -0.39 is 0 Å². The minimum Gasteiger partial charge on any atom is -0.372 e. The molecule has 0 fully saturated rings. The number of carbonyl (C=O) groups is 1. The molecule has 0 bridgehead atoms. The number of fused-ring (bicyclic) bond motifs is 1. The van der Waals surface area contributed by atoms with Gasteiger partial charge in [-0.2, -0.15) is 0 Å². The summed E-state index contributed by atoms with van der Waals surface area (Å²) in [7, 11) is 2.09. The number of anilines is 2. The van der Waals surface area contributed by atoms with Crippen LogP contribution in [0.25, 0.3) is 11.3 Å². The number of hydrogen-bond donors (Lipinski definition) is 1. The standard InChI is InChI=1S/C21H23N5OS/c1-3-17-13-25(2)19-9-5-4-7-16(19)12-26(17)21(27)24-20-23-18(14-28-20)15-8-6-10-22-11-15/h4-11,14,17H,3,12-13H2,1-2H3,(H,23,24,27)/t17-/m0/s1. The molecule has 2 aromatic heterocycles. The highest BCUT2D eigenvalue weighted by atomic mass is 32.1. The molecule has 1 atom stereocenters. The van der Waals surface area contributed by atoms with E-state index in [-0.39, 0.29) is 12.1 Å². The summed E-state index contributed by atoms with van der Waals surface area (Å²) in [6.45, 7) is 3.52. The van der Waals surface area contributed by atoms with Gasteiger partial charge in [0.2, 0.25) is 0 Å². The third kappa shape index (κ3) is 3.71. The van der Waals surface area contributed by atoms with Gasteiger partial charge in [0.25, 0.3) is 0 Å². The molecule has 3 aromatic rings. The van der Waals surface area contributed by atoms with Gasteiger partial charge in [0, 0.05) is 49.2 Å². The largest absolute Gasteiger partial charge is 0.372 e. The highest BCUT2D eigenvalue weighted by Gasteiger charge is 2.29. The first-order valence-corrected chi connectivity index (χ1v) is 10.3. The van der Waals surface area contributed by atoms with Crippen molar-refractivity contribution in [2.45, 2.75) is 25.9 Å². The number of nitrogens with one attached hydrogen (secondary N) is 1. The van der Waals surface area contributed by atoms with Crippen LogP contribution < -0.4 is 10.2 Å². The molecule has 0 aliphatic carbocycles. The molecule has 6 nitrogen and oxygen atoms in total. The summed E-state index contributed by atoms with van der Waals surface area (Å²) in [5, 5.41) is 5.54. The van der Waals surface area contributed by atoms with Crippen LogP contribution in [0.1, 0.15) is 18.9 Å². The van der Waals surface area contributed by atoms with Crippen LogP contribution in [0.2, 0.25) is 0 Å². The highest BCUT2D eigenvalue weighted by molar-refractivity contribution is 7.14. The van der Waals surface area contributed by atoms with E-state index in [0.717, 1.165) is 29.8 Å². The Bertz CT molecular complexity index is 958. The molecule has 1 aliphatic rings. The van der Waals surface area contributed by atoms with E-state index >= 15 is 0 Å². The molecule has 0 radical (unpaired) electrons. The number of pyridine rings is 1. The van der Waals surface area contributed by atoms with E-state index in [1.165, 1.54) is 17.0 Å². The van der Waals surface area contributed by atoms with Crippen molar-refractivity contribution in [3.63, 3.8) is 0 Å². The Balaban J connectivity index is 1.54. The van der Waals surface area contributed by atoms with Gasteiger partial charge in [0.1, 0.15) is 0 Å². The molecule has 144 valence electrons. The molecule has 2 amide bonds. The molecule has 1 aromatic carbocycles. The molecule has 3 heterocycles. The summed E-state index contributed by atoms with van der Waals surface area (Å²) in [5.41, 5.74) is 4.10. The van der Waals surface area contributed by atoms with Crippen LogP contribution in [0.5, 0.6) is 0 Å². The first-order valence-electron chi connectivity index (χ1n) is 9.38. The first kappa shape index (κ1) is 18.4. The van der Waals surface area contributed by atoms with Gasteiger partial charge >= 0.3 is 6.03 Å². The number of rotatable bonds is 3. The lowest BCUT2D eigenvalue weighted by atomic mass is 10.1. The summed E-state index contributed by atoms with van der Waals surface area (Å²) in [6.07, 6.45) is 4.40. The molecule has 1 aliphatic heterocycles. The van der Waals surface area contributed by atoms with Crippen molar-refractivity contribution in [1.82, 2.24) is 14.9 Å². The first-order chi connectivity index (χ1) is 13.7. The van der Waals surface area contributed by atoms with E-state index in [1.54, 1.807) is 12.4 Å². The zero-order valence-corrected chi connectivity index (χ0v) is 16.8. The zero-order valence-electron chi connectivity index (χ0n) is 16.0. The molecule has 28 heavy (non-hydrogen) atoms. The Morgan fingerprint density at radius 3 is 2.93 bits per heavy atom. The van der Waals surface area contributed by atoms with Crippen molar-refractivity contribution < 1.29 is 4.79 Å². The van der Waals surface area contributed by atoms with Crippen molar-refractivity contribution in [1.29, 1.82) is 0 Å². The molecule has 0 unspecified atom stereocenters. The topological polar surface area (TPSA) is 61.4 Å². The predicted molar refractivity (Wildman–Crippen MR) is 114 cm³/mol. The SMILES string of the molecule is CC[C@H]1CN(C)c2ccccc2CN1C(=O)Nc1nc(-c2cccnc2)cs1.